The zero-order valence-electron chi connectivity index (χ0n) is 33.0. The summed E-state index contributed by atoms with van der Waals surface area (Å²) in [5.74, 6) is 0. The number of fused-ring (bicyclic) bond motifs is 1. The van der Waals surface area contributed by atoms with Gasteiger partial charge in [0, 0.05) is 12.7 Å². The Kier molecular flexibility index (Phi) is 15.2. The summed E-state index contributed by atoms with van der Waals surface area (Å²) in [6.07, 6.45) is -6.22. The van der Waals surface area contributed by atoms with Crippen LogP contribution < -0.4 is 0 Å². The Morgan fingerprint density at radius 1 is 0.525 bits per heavy atom. The molecule has 3 saturated heterocycles. The van der Waals surface area contributed by atoms with Crippen LogP contribution in [0.25, 0.3) is 0 Å². The lowest BCUT2D eigenvalue weighted by atomic mass is 9.96. The fourth-order valence-corrected chi connectivity index (χ4v) is 8.63. The smallest absolute Gasteiger partial charge is 0.186 e. The van der Waals surface area contributed by atoms with Crippen LogP contribution in [0, 0.1) is 0 Å². The van der Waals surface area contributed by atoms with Crippen LogP contribution in [0.5, 0.6) is 0 Å². The van der Waals surface area contributed by atoms with E-state index in [0.29, 0.717) is 26.4 Å². The summed E-state index contributed by atoms with van der Waals surface area (Å²) in [7, 11) is 1.61. The molecule has 3 fully saturated rings. The standard InChI is InChI=1S/C48H51IO10/c1-50-48-45(44(54-30-36-23-13-5-14-24-36)42-39(57-48)32-55-46(58-42)37-25-15-6-16-26-37)59-47-40(49)43(53-29-35-21-11-4-12-22-35)41(52-28-34-19-9-3-10-20-34)38(56-47)31-51-27-33-17-7-2-8-18-33/h2-26,38-48H,27-32H2,1H3/t38-,39-,40+,41+,42-,43-,44+,45-,46?,47-,48+/m1/s1. The average Bonchev–Trinajstić information content (AvgIpc) is 3.30. The Balaban J connectivity index is 1.09. The molecular weight excluding hydrogens is 863 g/mol. The van der Waals surface area contributed by atoms with E-state index >= 15 is 0 Å². The monoisotopic (exact) mass is 914 g/mol. The first kappa shape index (κ1) is 42.1. The number of halogens is 1. The normalized spacial score (nSPS) is 29.4. The molecule has 10 nitrogen and oxygen atoms in total. The first-order valence-electron chi connectivity index (χ1n) is 20.2. The lowest BCUT2D eigenvalue weighted by Gasteiger charge is -2.51. The number of alkyl halides is 1. The zero-order valence-corrected chi connectivity index (χ0v) is 35.1. The molecule has 0 aromatic heterocycles. The van der Waals surface area contributed by atoms with Crippen molar-refractivity contribution in [1.82, 2.24) is 0 Å². The van der Waals surface area contributed by atoms with Crippen LogP contribution in [0.4, 0.5) is 0 Å². The Morgan fingerprint density at radius 2 is 1.02 bits per heavy atom. The second kappa shape index (κ2) is 21.3. The summed E-state index contributed by atoms with van der Waals surface area (Å²) < 4.78 is 66.0. The molecule has 0 spiro atoms. The van der Waals surface area contributed by atoms with Crippen molar-refractivity contribution in [3.8, 4) is 0 Å². The van der Waals surface area contributed by atoms with Crippen LogP contribution in [0.2, 0.25) is 0 Å². The molecule has 0 amide bonds. The maximum atomic E-state index is 7.11. The fourth-order valence-electron chi connectivity index (χ4n) is 7.67. The van der Waals surface area contributed by atoms with Gasteiger partial charge in [-0.05, 0) is 22.3 Å². The SMILES string of the molecule is CO[C@H]1O[C@@H]2COC(c3ccccc3)O[C@H]2[C@H](OCc2ccccc2)[C@H]1O[C@H]1O[C@H](COCc2ccccc2)[C@H](OCc2ccccc2)[C@H](OCc2ccccc2)[C@@H]1I. The largest absolute Gasteiger partial charge is 0.374 e. The van der Waals surface area contributed by atoms with Gasteiger partial charge in [0.2, 0.25) is 0 Å². The van der Waals surface area contributed by atoms with Crippen LogP contribution in [0.15, 0.2) is 152 Å². The molecule has 11 atom stereocenters. The predicted octanol–water partition coefficient (Wildman–Crippen LogP) is 8.36. The number of methoxy groups -OCH3 is 1. The van der Waals surface area contributed by atoms with Crippen LogP contribution >= 0.6 is 22.6 Å². The minimum absolute atomic E-state index is 0.232. The molecule has 0 bridgehead atoms. The van der Waals surface area contributed by atoms with E-state index in [1.165, 1.54) is 0 Å². The summed E-state index contributed by atoms with van der Waals surface area (Å²) in [5, 5.41) is 0. The zero-order chi connectivity index (χ0) is 40.2. The maximum Gasteiger partial charge on any atom is 0.186 e. The molecule has 1 unspecified atom stereocenters. The number of hydrogen-bond donors (Lipinski definition) is 0. The highest BCUT2D eigenvalue weighted by atomic mass is 127. The third-order valence-electron chi connectivity index (χ3n) is 10.7. The molecule has 0 aliphatic carbocycles. The van der Waals surface area contributed by atoms with Gasteiger partial charge >= 0.3 is 0 Å². The van der Waals surface area contributed by atoms with Gasteiger partial charge in [-0.3, -0.25) is 0 Å². The average molecular weight is 915 g/mol. The molecule has 0 saturated carbocycles. The highest BCUT2D eigenvalue weighted by Crippen LogP contribution is 2.40. The number of hydrogen-bond acceptors (Lipinski definition) is 10. The first-order valence-corrected chi connectivity index (χ1v) is 21.4. The van der Waals surface area contributed by atoms with Crippen LogP contribution in [-0.4, -0.2) is 79.6 Å². The highest BCUT2D eigenvalue weighted by molar-refractivity contribution is 14.1. The van der Waals surface area contributed by atoms with Gasteiger partial charge in [0.25, 0.3) is 0 Å². The van der Waals surface area contributed by atoms with Crippen LogP contribution in [0.1, 0.15) is 34.1 Å². The van der Waals surface area contributed by atoms with Crippen molar-refractivity contribution < 1.29 is 47.4 Å². The third kappa shape index (κ3) is 11.0. The molecule has 5 aromatic carbocycles. The van der Waals surface area contributed by atoms with Crippen molar-refractivity contribution in [3.63, 3.8) is 0 Å². The summed E-state index contributed by atoms with van der Waals surface area (Å²) in [6.45, 7) is 1.98. The van der Waals surface area contributed by atoms with Crippen molar-refractivity contribution in [2.45, 2.75) is 92.0 Å². The molecule has 0 N–H and O–H groups in total. The second-order valence-corrected chi connectivity index (χ2v) is 16.3. The van der Waals surface area contributed by atoms with Crippen molar-refractivity contribution in [2.24, 2.45) is 0 Å². The molecular formula is C48H51IO10. The number of benzene rings is 5. The first-order chi connectivity index (χ1) is 29.1. The molecule has 310 valence electrons. The minimum atomic E-state index is -0.826. The number of rotatable bonds is 17. The third-order valence-corrected chi connectivity index (χ3v) is 12.0. The summed E-state index contributed by atoms with van der Waals surface area (Å²) in [5.41, 5.74) is 5.06. The Morgan fingerprint density at radius 3 is 1.56 bits per heavy atom. The summed E-state index contributed by atoms with van der Waals surface area (Å²) in [4.78, 5) is 0. The van der Waals surface area contributed by atoms with E-state index in [4.69, 9.17) is 47.4 Å². The van der Waals surface area contributed by atoms with E-state index in [0.717, 1.165) is 27.8 Å². The number of ether oxygens (including phenoxy) is 10. The molecule has 0 radical (unpaired) electrons. The Labute approximate surface area is 360 Å². The van der Waals surface area contributed by atoms with Gasteiger partial charge in [-0.25, -0.2) is 0 Å². The summed E-state index contributed by atoms with van der Waals surface area (Å²) in [6, 6.07) is 50.3. The van der Waals surface area contributed by atoms with Gasteiger partial charge < -0.3 is 47.4 Å². The quantitative estimate of drug-likeness (QED) is 0.0670. The van der Waals surface area contributed by atoms with Gasteiger partial charge in [-0.1, -0.05) is 174 Å². The van der Waals surface area contributed by atoms with Crippen molar-refractivity contribution in [3.05, 3.63) is 179 Å². The lowest BCUT2D eigenvalue weighted by Crippen LogP contribution is -2.66. The van der Waals surface area contributed by atoms with Crippen molar-refractivity contribution in [1.29, 1.82) is 0 Å². The van der Waals surface area contributed by atoms with E-state index in [2.05, 4.69) is 46.9 Å². The van der Waals surface area contributed by atoms with Crippen LogP contribution in [-0.2, 0) is 73.8 Å². The lowest BCUT2D eigenvalue weighted by molar-refractivity contribution is -0.387. The Bertz CT molecular complexity index is 1950. The molecule has 59 heavy (non-hydrogen) atoms. The topological polar surface area (TPSA) is 92.3 Å². The molecule has 5 aromatic rings. The molecule has 3 aliphatic heterocycles. The fraction of sp³-hybridized carbons (Fsp3) is 0.375. The van der Waals surface area contributed by atoms with E-state index in [1.807, 2.05) is 127 Å². The van der Waals surface area contributed by atoms with Crippen molar-refractivity contribution in [2.75, 3.05) is 20.3 Å². The van der Waals surface area contributed by atoms with Gasteiger partial charge in [0.05, 0.1) is 43.6 Å². The van der Waals surface area contributed by atoms with Crippen molar-refractivity contribution >= 4 is 22.6 Å². The van der Waals surface area contributed by atoms with Gasteiger partial charge in [0.15, 0.2) is 18.9 Å². The summed E-state index contributed by atoms with van der Waals surface area (Å²) >= 11 is 2.38. The molecule has 3 heterocycles. The highest BCUT2D eigenvalue weighted by Gasteiger charge is 2.55. The molecule has 3 aliphatic rings. The molecule has 8 rings (SSSR count). The van der Waals surface area contributed by atoms with Crippen LogP contribution in [0.3, 0.4) is 0 Å². The van der Waals surface area contributed by atoms with Gasteiger partial charge in [-0.15, -0.1) is 0 Å². The van der Waals surface area contributed by atoms with E-state index in [1.54, 1.807) is 7.11 Å². The van der Waals surface area contributed by atoms with E-state index in [9.17, 15) is 0 Å². The van der Waals surface area contributed by atoms with E-state index in [-0.39, 0.29) is 17.1 Å². The van der Waals surface area contributed by atoms with Gasteiger partial charge in [0.1, 0.15) is 42.7 Å². The molecule has 11 heteroatoms. The minimum Gasteiger partial charge on any atom is -0.374 e. The predicted molar refractivity (Wildman–Crippen MR) is 228 cm³/mol. The maximum absolute atomic E-state index is 7.11. The second-order valence-electron chi connectivity index (χ2n) is 14.8. The van der Waals surface area contributed by atoms with Gasteiger partial charge in [-0.2, -0.15) is 0 Å². The van der Waals surface area contributed by atoms with E-state index < -0.39 is 61.6 Å². The Hall–Kier alpha value is -3.57.